The van der Waals surface area contributed by atoms with Crippen LogP contribution < -0.4 is 23.7 Å². The maximum Gasteiger partial charge on any atom is 0.257 e. The first-order chi connectivity index (χ1) is 15.1. The summed E-state index contributed by atoms with van der Waals surface area (Å²) < 4.78 is 47.1. The zero-order valence-electron chi connectivity index (χ0n) is 17.8. The zero-order chi connectivity index (χ0) is 23.9. The summed E-state index contributed by atoms with van der Waals surface area (Å²) in [5.74, 6) is -0.376. The molecule has 2 rings (SSSR count). The predicted molar refractivity (Wildman–Crippen MR) is 118 cm³/mol. The van der Waals surface area contributed by atoms with Gasteiger partial charge in [-0.15, -0.1) is 0 Å². The van der Waals surface area contributed by atoms with Crippen molar-refractivity contribution in [3.05, 3.63) is 46.9 Å². The molecule has 172 valence electrons. The minimum atomic E-state index is -4.19. The monoisotopic (exact) mass is 465 g/mol. The number of hydrogen-bond acceptors (Lipinski definition) is 9. The molecule has 0 aliphatic rings. The smallest absolute Gasteiger partial charge is 0.257 e. The van der Waals surface area contributed by atoms with Gasteiger partial charge >= 0.3 is 0 Å². The highest BCUT2D eigenvalue weighted by molar-refractivity contribution is 7.93. The first-order valence-electron chi connectivity index (χ1n) is 8.97. The highest BCUT2D eigenvalue weighted by Crippen LogP contribution is 2.35. The Morgan fingerprint density at radius 1 is 0.781 bits per heavy atom. The molecule has 0 radical (unpaired) electrons. The van der Waals surface area contributed by atoms with E-state index < -0.39 is 15.9 Å². The molecule has 0 saturated heterocycles. The second-order valence-corrected chi connectivity index (χ2v) is 7.74. The molecular weight excluding hydrogens is 442 g/mol. The fraction of sp³-hybridized carbons (Fsp3) is 0.190. The van der Waals surface area contributed by atoms with E-state index in [-0.39, 0.29) is 40.1 Å². The summed E-state index contributed by atoms with van der Waals surface area (Å²) in [5, 5.41) is 20.1. The van der Waals surface area contributed by atoms with E-state index in [4.69, 9.17) is 18.9 Å². The van der Waals surface area contributed by atoms with Gasteiger partial charge < -0.3 is 29.2 Å². The van der Waals surface area contributed by atoms with E-state index in [1.54, 1.807) is 0 Å². The number of nitrogens with one attached hydrogen (secondary N) is 1. The summed E-state index contributed by atoms with van der Waals surface area (Å²) in [6.07, 6.45) is 3.44. The SMILES string of the molecule is COc1cc(O)cc(OC)c1/C=C/C(=O)NS(=O)(=O)/C=C/c1c(OC)cc(O)cc1OC. The second-order valence-electron chi connectivity index (χ2n) is 6.18. The highest BCUT2D eigenvalue weighted by atomic mass is 32.2. The number of ether oxygens (including phenoxy) is 4. The van der Waals surface area contributed by atoms with Gasteiger partial charge in [0, 0.05) is 30.3 Å². The summed E-state index contributed by atoms with van der Waals surface area (Å²) in [5.41, 5.74) is 0.578. The zero-order valence-corrected chi connectivity index (χ0v) is 18.6. The number of hydrogen-bond donors (Lipinski definition) is 3. The van der Waals surface area contributed by atoms with Crippen molar-refractivity contribution in [2.45, 2.75) is 0 Å². The average molecular weight is 465 g/mol. The number of carbonyl (C=O) groups is 1. The molecule has 32 heavy (non-hydrogen) atoms. The van der Waals surface area contributed by atoms with Gasteiger partial charge in [-0.05, 0) is 12.2 Å². The number of rotatable bonds is 9. The number of benzene rings is 2. The molecule has 0 heterocycles. The molecule has 1 amide bonds. The van der Waals surface area contributed by atoms with Crippen LogP contribution in [0.4, 0.5) is 0 Å². The lowest BCUT2D eigenvalue weighted by atomic mass is 10.1. The molecule has 0 saturated carbocycles. The molecule has 0 atom stereocenters. The third kappa shape index (κ3) is 6.08. The Morgan fingerprint density at radius 3 is 1.53 bits per heavy atom. The number of phenols is 2. The van der Waals surface area contributed by atoms with Crippen LogP contribution in [0.25, 0.3) is 12.2 Å². The number of methoxy groups -OCH3 is 4. The standard InChI is InChI=1S/C21H23NO9S/c1-28-17-9-13(23)10-18(29-2)15(17)5-6-21(25)22-32(26,27)8-7-16-19(30-3)11-14(24)12-20(16)31-4/h5-12,23-24H,1-4H3,(H,22,25)/b6-5+,8-7+. The van der Waals surface area contributed by atoms with Crippen LogP contribution in [-0.2, 0) is 14.8 Å². The fourth-order valence-corrected chi connectivity index (χ4v) is 3.44. The van der Waals surface area contributed by atoms with Crippen LogP contribution in [0.2, 0.25) is 0 Å². The number of aromatic hydroxyl groups is 2. The van der Waals surface area contributed by atoms with Crippen LogP contribution in [0.3, 0.4) is 0 Å². The molecule has 10 nitrogen and oxygen atoms in total. The van der Waals surface area contributed by atoms with E-state index in [1.807, 2.05) is 4.72 Å². The van der Waals surface area contributed by atoms with E-state index in [9.17, 15) is 23.4 Å². The van der Waals surface area contributed by atoms with Crippen molar-refractivity contribution in [2.75, 3.05) is 28.4 Å². The fourth-order valence-electron chi connectivity index (χ4n) is 2.70. The molecule has 0 unspecified atom stereocenters. The van der Waals surface area contributed by atoms with E-state index in [0.717, 1.165) is 11.5 Å². The van der Waals surface area contributed by atoms with Crippen molar-refractivity contribution >= 4 is 28.1 Å². The quantitative estimate of drug-likeness (QED) is 0.476. The van der Waals surface area contributed by atoms with Crippen LogP contribution in [0, 0.1) is 0 Å². The minimum absolute atomic E-state index is 0.104. The Hall–Kier alpha value is -3.86. The van der Waals surface area contributed by atoms with Gasteiger partial charge in [0.15, 0.2) is 0 Å². The van der Waals surface area contributed by atoms with Crippen molar-refractivity contribution in [3.63, 3.8) is 0 Å². The molecule has 11 heteroatoms. The molecule has 0 aliphatic heterocycles. The van der Waals surface area contributed by atoms with Crippen molar-refractivity contribution in [1.29, 1.82) is 0 Å². The Morgan fingerprint density at radius 2 is 1.16 bits per heavy atom. The molecule has 2 aromatic carbocycles. The second kappa shape index (κ2) is 10.4. The summed E-state index contributed by atoms with van der Waals surface area (Å²) in [6.45, 7) is 0. The van der Waals surface area contributed by atoms with Crippen molar-refractivity contribution in [3.8, 4) is 34.5 Å². The van der Waals surface area contributed by atoms with Gasteiger partial charge in [-0.3, -0.25) is 4.79 Å². The normalized spacial score (nSPS) is 11.5. The van der Waals surface area contributed by atoms with Crippen LogP contribution in [-0.4, -0.2) is 53.0 Å². The van der Waals surface area contributed by atoms with Crippen LogP contribution >= 0.6 is 0 Å². The van der Waals surface area contributed by atoms with Crippen molar-refractivity contribution in [2.24, 2.45) is 0 Å². The van der Waals surface area contributed by atoms with Crippen molar-refractivity contribution in [1.82, 2.24) is 4.72 Å². The van der Waals surface area contributed by atoms with E-state index in [1.165, 1.54) is 64.9 Å². The van der Waals surface area contributed by atoms with E-state index >= 15 is 0 Å². The van der Waals surface area contributed by atoms with Crippen molar-refractivity contribution < 1.29 is 42.4 Å². The van der Waals surface area contributed by atoms with Gasteiger partial charge in [-0.25, -0.2) is 13.1 Å². The number of phenolic OH excluding ortho intramolecular Hbond substituents is 2. The van der Waals surface area contributed by atoms with Crippen LogP contribution in [0.1, 0.15) is 11.1 Å². The third-order valence-electron chi connectivity index (χ3n) is 4.12. The number of amides is 1. The maximum absolute atomic E-state index is 12.3. The Bertz CT molecular complexity index is 1100. The van der Waals surface area contributed by atoms with Gasteiger partial charge in [-0.2, -0.15) is 0 Å². The summed E-state index contributed by atoms with van der Waals surface area (Å²) in [4.78, 5) is 12.2. The van der Waals surface area contributed by atoms with Gasteiger partial charge in [0.05, 0.1) is 45.0 Å². The highest BCUT2D eigenvalue weighted by Gasteiger charge is 2.15. The Kier molecular flexibility index (Phi) is 7.97. The number of sulfonamides is 1. The maximum atomic E-state index is 12.3. The molecule has 0 fully saturated rings. The van der Waals surface area contributed by atoms with Crippen LogP contribution in [0.5, 0.6) is 34.5 Å². The summed E-state index contributed by atoms with van der Waals surface area (Å²) in [7, 11) is 1.24. The minimum Gasteiger partial charge on any atom is -0.508 e. The van der Waals surface area contributed by atoms with Gasteiger partial charge in [0.1, 0.15) is 34.5 Å². The average Bonchev–Trinajstić information content (AvgIpc) is 2.75. The summed E-state index contributed by atoms with van der Waals surface area (Å²) >= 11 is 0. The van der Waals surface area contributed by atoms with E-state index in [0.29, 0.717) is 5.56 Å². The lowest BCUT2D eigenvalue weighted by molar-refractivity contribution is -0.114. The van der Waals surface area contributed by atoms with E-state index in [2.05, 4.69) is 0 Å². The lowest BCUT2D eigenvalue weighted by Crippen LogP contribution is -2.26. The lowest BCUT2D eigenvalue weighted by Gasteiger charge is -2.11. The van der Waals surface area contributed by atoms with Gasteiger partial charge in [-0.1, -0.05) is 0 Å². The topological polar surface area (TPSA) is 141 Å². The largest absolute Gasteiger partial charge is 0.508 e. The predicted octanol–water partition coefficient (Wildman–Crippen LogP) is 2.26. The molecule has 0 aromatic heterocycles. The Labute approximate surface area is 185 Å². The van der Waals surface area contributed by atoms with Gasteiger partial charge in [0.25, 0.3) is 15.9 Å². The first kappa shape index (κ1) is 24.4. The molecular formula is C21H23NO9S. The molecule has 0 spiro atoms. The summed E-state index contributed by atoms with van der Waals surface area (Å²) in [6, 6.07) is 5.21. The first-order valence-corrected chi connectivity index (χ1v) is 10.5. The molecule has 3 N–H and O–H groups in total. The van der Waals surface area contributed by atoms with Gasteiger partial charge in [0.2, 0.25) is 0 Å². The Balaban J connectivity index is 2.25. The molecule has 2 aromatic rings. The molecule has 0 bridgehead atoms. The van der Waals surface area contributed by atoms with Crippen LogP contribution in [0.15, 0.2) is 35.7 Å². The number of carbonyl (C=O) groups excluding carboxylic acids is 1. The molecule has 0 aliphatic carbocycles. The third-order valence-corrected chi connectivity index (χ3v) is 5.10.